The van der Waals surface area contributed by atoms with E-state index in [1.807, 2.05) is 12.2 Å². The van der Waals surface area contributed by atoms with Gasteiger partial charge in [0.05, 0.1) is 17.4 Å². The molecule has 0 aromatic heterocycles. The third-order valence-electron chi connectivity index (χ3n) is 5.69. The van der Waals surface area contributed by atoms with E-state index in [0.29, 0.717) is 0 Å². The van der Waals surface area contributed by atoms with Crippen LogP contribution in [-0.2, 0) is 30.1 Å². The smallest absolute Gasteiger partial charge is 0.416 e. The highest BCUT2D eigenvalue weighted by Crippen LogP contribution is 2.52. The molecule has 1 saturated heterocycles. The van der Waals surface area contributed by atoms with Crippen molar-refractivity contribution >= 4 is 29.4 Å². The van der Waals surface area contributed by atoms with Gasteiger partial charge in [-0.15, -0.1) is 0 Å². The van der Waals surface area contributed by atoms with E-state index in [-0.39, 0.29) is 17.5 Å². The van der Waals surface area contributed by atoms with Crippen LogP contribution in [0.4, 0.5) is 18.9 Å². The molecule has 7 nitrogen and oxygen atoms in total. The number of amides is 3. The number of ether oxygens (including phenoxy) is 1. The lowest BCUT2D eigenvalue weighted by Gasteiger charge is -2.16. The number of imide groups is 1. The third-order valence-corrected chi connectivity index (χ3v) is 5.69. The van der Waals surface area contributed by atoms with Gasteiger partial charge < -0.3 is 10.1 Å². The number of nitrogens with zero attached hydrogens (tertiary/aromatic N) is 1. The number of halogens is 3. The summed E-state index contributed by atoms with van der Waals surface area (Å²) in [5, 5.41) is 2.20. The minimum absolute atomic E-state index is 0.00992. The number of hydrogen-bond donors (Lipinski definition) is 1. The van der Waals surface area contributed by atoms with Gasteiger partial charge in [0.1, 0.15) is 6.54 Å². The van der Waals surface area contributed by atoms with Crippen molar-refractivity contribution in [2.24, 2.45) is 23.7 Å². The molecule has 4 atom stereocenters. The Labute approximate surface area is 168 Å². The highest BCUT2D eigenvalue weighted by atomic mass is 19.4. The normalized spacial score (nSPS) is 26.8. The molecular weight excluding hydrogens is 405 g/mol. The molecule has 1 N–H and O–H groups in total. The minimum atomic E-state index is -4.56. The van der Waals surface area contributed by atoms with Crippen LogP contribution in [0.1, 0.15) is 12.0 Å². The average molecular weight is 422 g/mol. The van der Waals surface area contributed by atoms with E-state index in [9.17, 15) is 32.3 Å². The van der Waals surface area contributed by atoms with Gasteiger partial charge in [-0.2, -0.15) is 13.2 Å². The molecule has 4 rings (SSSR count). The fourth-order valence-corrected chi connectivity index (χ4v) is 4.41. The van der Waals surface area contributed by atoms with Crippen molar-refractivity contribution in [3.05, 3.63) is 42.0 Å². The molecule has 158 valence electrons. The van der Waals surface area contributed by atoms with E-state index >= 15 is 0 Å². The molecule has 1 aromatic carbocycles. The summed E-state index contributed by atoms with van der Waals surface area (Å²) < 4.78 is 42.9. The van der Waals surface area contributed by atoms with Crippen molar-refractivity contribution in [2.45, 2.75) is 12.6 Å². The number of alkyl halides is 3. The molecule has 1 saturated carbocycles. The Hall–Kier alpha value is -3.17. The molecule has 1 aromatic rings. The number of carbonyl (C=O) groups excluding carboxylic acids is 4. The molecule has 3 aliphatic rings. The lowest BCUT2D eigenvalue weighted by molar-refractivity contribution is -0.154. The van der Waals surface area contributed by atoms with Gasteiger partial charge in [-0.05, 0) is 36.5 Å². The minimum Gasteiger partial charge on any atom is -0.454 e. The molecule has 30 heavy (non-hydrogen) atoms. The molecule has 2 fully saturated rings. The molecule has 0 radical (unpaired) electrons. The Morgan fingerprint density at radius 1 is 1.10 bits per heavy atom. The number of carbonyl (C=O) groups is 4. The standard InChI is InChI=1S/C20H17F3N2O5/c21-20(22,23)12-2-1-3-13(7-12)24-14(26)9-30-15(27)8-25-18(28)16-10-4-5-11(6-10)17(16)19(25)29/h1-5,7,10-11,16-17H,6,8-9H2,(H,24,26)/t10-,11-,16-,17-/m0/s1. The van der Waals surface area contributed by atoms with Crippen molar-refractivity contribution in [1.29, 1.82) is 0 Å². The van der Waals surface area contributed by atoms with Gasteiger partial charge in [-0.1, -0.05) is 18.2 Å². The molecule has 2 bridgehead atoms. The topological polar surface area (TPSA) is 92.8 Å². The fourth-order valence-electron chi connectivity index (χ4n) is 4.41. The molecule has 1 heterocycles. The van der Waals surface area contributed by atoms with Crippen LogP contribution in [0, 0.1) is 23.7 Å². The quantitative estimate of drug-likeness (QED) is 0.445. The molecule has 0 unspecified atom stereocenters. The van der Waals surface area contributed by atoms with Crippen molar-refractivity contribution in [2.75, 3.05) is 18.5 Å². The van der Waals surface area contributed by atoms with E-state index in [2.05, 4.69) is 5.32 Å². The number of anilines is 1. The van der Waals surface area contributed by atoms with Crippen LogP contribution < -0.4 is 5.32 Å². The van der Waals surface area contributed by atoms with Gasteiger partial charge in [0.25, 0.3) is 5.91 Å². The van der Waals surface area contributed by atoms with Gasteiger partial charge >= 0.3 is 12.1 Å². The zero-order valence-corrected chi connectivity index (χ0v) is 15.5. The zero-order chi connectivity index (χ0) is 21.6. The summed E-state index contributed by atoms with van der Waals surface area (Å²) in [6.45, 7) is -1.36. The van der Waals surface area contributed by atoms with Crippen LogP contribution >= 0.6 is 0 Å². The highest BCUT2D eigenvalue weighted by Gasteiger charge is 2.59. The molecule has 0 spiro atoms. The van der Waals surface area contributed by atoms with Crippen molar-refractivity contribution in [3.63, 3.8) is 0 Å². The maximum atomic E-state index is 12.7. The van der Waals surface area contributed by atoms with Crippen LogP contribution in [0.2, 0.25) is 0 Å². The van der Waals surface area contributed by atoms with E-state index in [0.717, 1.165) is 29.5 Å². The summed E-state index contributed by atoms with van der Waals surface area (Å²) >= 11 is 0. The number of nitrogens with one attached hydrogen (secondary N) is 1. The van der Waals surface area contributed by atoms with Crippen LogP contribution in [0.3, 0.4) is 0 Å². The van der Waals surface area contributed by atoms with E-state index in [1.165, 1.54) is 6.07 Å². The van der Waals surface area contributed by atoms with Gasteiger partial charge in [-0.25, -0.2) is 0 Å². The lowest BCUT2D eigenvalue weighted by atomic mass is 9.85. The Bertz CT molecular complexity index is 928. The lowest BCUT2D eigenvalue weighted by Crippen LogP contribution is -2.38. The van der Waals surface area contributed by atoms with Gasteiger partial charge in [-0.3, -0.25) is 24.1 Å². The number of esters is 1. The molecule has 3 amide bonds. The molecule has 2 aliphatic carbocycles. The third kappa shape index (κ3) is 3.57. The van der Waals surface area contributed by atoms with E-state index < -0.39 is 60.4 Å². The summed E-state index contributed by atoms with van der Waals surface area (Å²) in [5.41, 5.74) is -1.04. The highest BCUT2D eigenvalue weighted by molar-refractivity contribution is 6.08. The number of likely N-dealkylation sites (tertiary alicyclic amines) is 1. The zero-order valence-electron chi connectivity index (χ0n) is 15.5. The van der Waals surface area contributed by atoms with Crippen molar-refractivity contribution in [3.8, 4) is 0 Å². The summed E-state index contributed by atoms with van der Waals surface area (Å²) in [6.07, 6.45) is 0.0595. The molecule has 10 heteroatoms. The van der Waals surface area contributed by atoms with Crippen molar-refractivity contribution < 1.29 is 37.1 Å². The first-order valence-electron chi connectivity index (χ1n) is 9.31. The molecule has 1 aliphatic heterocycles. The fraction of sp³-hybridized carbons (Fsp3) is 0.400. The Kier molecular flexibility index (Phi) is 4.87. The Morgan fingerprint density at radius 3 is 2.33 bits per heavy atom. The van der Waals surface area contributed by atoms with Gasteiger partial charge in [0.15, 0.2) is 6.61 Å². The van der Waals surface area contributed by atoms with Gasteiger partial charge in [0, 0.05) is 5.69 Å². The second-order valence-electron chi connectivity index (χ2n) is 7.55. The Morgan fingerprint density at radius 2 is 1.73 bits per heavy atom. The van der Waals surface area contributed by atoms with Crippen molar-refractivity contribution in [1.82, 2.24) is 4.90 Å². The number of allylic oxidation sites excluding steroid dienone is 2. The predicted molar refractivity (Wildman–Crippen MR) is 95.5 cm³/mol. The summed E-state index contributed by atoms with van der Waals surface area (Å²) in [5.74, 6) is -3.48. The number of fused-ring (bicyclic) bond motifs is 5. The first kappa shape index (κ1) is 20.1. The summed E-state index contributed by atoms with van der Waals surface area (Å²) in [4.78, 5) is 49.8. The summed E-state index contributed by atoms with van der Waals surface area (Å²) in [7, 11) is 0. The maximum absolute atomic E-state index is 12.7. The van der Waals surface area contributed by atoms with E-state index in [1.54, 1.807) is 0 Å². The number of hydrogen-bond acceptors (Lipinski definition) is 5. The van der Waals surface area contributed by atoms with Crippen LogP contribution in [0.25, 0.3) is 0 Å². The molecular formula is C20H17F3N2O5. The van der Waals surface area contributed by atoms with Gasteiger partial charge in [0.2, 0.25) is 11.8 Å². The van der Waals surface area contributed by atoms with Crippen LogP contribution in [0.5, 0.6) is 0 Å². The first-order valence-corrected chi connectivity index (χ1v) is 9.31. The average Bonchev–Trinajstić information content (AvgIpc) is 3.36. The Balaban J connectivity index is 1.29. The van der Waals surface area contributed by atoms with Crippen LogP contribution in [0.15, 0.2) is 36.4 Å². The second-order valence-corrected chi connectivity index (χ2v) is 7.55. The number of benzene rings is 1. The summed E-state index contributed by atoms with van der Waals surface area (Å²) in [6, 6.07) is 4.00. The predicted octanol–water partition coefficient (Wildman–Crippen LogP) is 1.99. The second kappa shape index (κ2) is 7.26. The van der Waals surface area contributed by atoms with Crippen LogP contribution in [-0.4, -0.2) is 41.7 Å². The van der Waals surface area contributed by atoms with E-state index in [4.69, 9.17) is 4.74 Å². The monoisotopic (exact) mass is 422 g/mol. The largest absolute Gasteiger partial charge is 0.454 e. The SMILES string of the molecule is O=C(COC(=O)CN1C(=O)[C@@H]2[C@@H](C1=O)[C@H]1C=C[C@H]2C1)Nc1cccc(C(F)(F)F)c1. The number of rotatable bonds is 5. The first-order chi connectivity index (χ1) is 14.1. The maximum Gasteiger partial charge on any atom is 0.416 e.